The average Bonchev–Trinajstić information content (AvgIpc) is 2.67. The molecule has 1 saturated heterocycles. The molecule has 0 saturated carbocycles. The van der Waals surface area contributed by atoms with Gasteiger partial charge in [0.25, 0.3) is 5.69 Å². The second-order valence-electron chi connectivity index (χ2n) is 4.21. The molecule has 0 amide bonds. The lowest BCUT2D eigenvalue weighted by Gasteiger charge is -2.17. The third-order valence-corrected chi connectivity index (χ3v) is 2.93. The van der Waals surface area contributed by atoms with Crippen molar-refractivity contribution in [2.24, 2.45) is 0 Å². The molecule has 1 aromatic carbocycles. The third kappa shape index (κ3) is 2.82. The van der Waals surface area contributed by atoms with Gasteiger partial charge in [0.1, 0.15) is 18.3 Å². The number of aliphatic hydroxyl groups is 3. The molecule has 0 aromatic heterocycles. The predicted molar refractivity (Wildman–Crippen MR) is 64.5 cm³/mol. The minimum Gasteiger partial charge on any atom is -0.394 e. The standard InChI is InChI=1S/C11H14N2O6/c14-5-8-9(15)10(16)11(19-8)12-6-1-3-7(4-2-6)13(17)18/h1-4,8-12,14-16H,5H2/t8-,9-,10-,11-/m1/s1. The molecule has 1 aromatic rings. The van der Waals surface area contributed by atoms with E-state index in [1.54, 1.807) is 0 Å². The van der Waals surface area contributed by atoms with Crippen LogP contribution in [0.5, 0.6) is 0 Å². The van der Waals surface area contributed by atoms with Crippen LogP contribution in [-0.4, -0.2) is 51.4 Å². The van der Waals surface area contributed by atoms with Crippen LogP contribution in [0, 0.1) is 10.1 Å². The summed E-state index contributed by atoms with van der Waals surface area (Å²) < 4.78 is 5.22. The lowest BCUT2D eigenvalue weighted by molar-refractivity contribution is -0.384. The predicted octanol–water partition coefficient (Wildman–Crippen LogP) is -0.554. The number of anilines is 1. The minimum absolute atomic E-state index is 0.0493. The summed E-state index contributed by atoms with van der Waals surface area (Å²) in [4.78, 5) is 9.98. The molecule has 2 rings (SSSR count). The Labute approximate surface area is 108 Å². The van der Waals surface area contributed by atoms with E-state index in [1.807, 2.05) is 0 Å². The Balaban J connectivity index is 2.03. The topological polar surface area (TPSA) is 125 Å². The van der Waals surface area contributed by atoms with Crippen molar-refractivity contribution in [3.05, 3.63) is 34.4 Å². The van der Waals surface area contributed by atoms with Gasteiger partial charge in [-0.15, -0.1) is 0 Å². The van der Waals surface area contributed by atoms with E-state index in [4.69, 9.17) is 9.84 Å². The van der Waals surface area contributed by atoms with Crippen molar-refractivity contribution in [1.29, 1.82) is 0 Å². The van der Waals surface area contributed by atoms with Crippen LogP contribution in [0.3, 0.4) is 0 Å². The van der Waals surface area contributed by atoms with Gasteiger partial charge in [-0.25, -0.2) is 0 Å². The highest BCUT2D eigenvalue weighted by Crippen LogP contribution is 2.24. The van der Waals surface area contributed by atoms with Gasteiger partial charge in [0.15, 0.2) is 6.23 Å². The van der Waals surface area contributed by atoms with Crippen molar-refractivity contribution < 1.29 is 25.0 Å². The van der Waals surface area contributed by atoms with Gasteiger partial charge in [0.2, 0.25) is 0 Å². The number of rotatable bonds is 4. The number of ether oxygens (including phenoxy) is 1. The number of hydrogen-bond acceptors (Lipinski definition) is 7. The van der Waals surface area contributed by atoms with E-state index in [-0.39, 0.29) is 5.69 Å². The van der Waals surface area contributed by atoms with Crippen LogP contribution in [0.4, 0.5) is 11.4 Å². The summed E-state index contributed by atoms with van der Waals surface area (Å²) in [5.41, 5.74) is 0.451. The monoisotopic (exact) mass is 270 g/mol. The highest BCUT2D eigenvalue weighted by atomic mass is 16.6. The van der Waals surface area contributed by atoms with Crippen molar-refractivity contribution in [3.8, 4) is 0 Å². The summed E-state index contributed by atoms with van der Waals surface area (Å²) in [7, 11) is 0. The maximum Gasteiger partial charge on any atom is 0.269 e. The summed E-state index contributed by atoms with van der Waals surface area (Å²) in [6, 6.07) is 5.55. The fourth-order valence-corrected chi connectivity index (χ4v) is 1.86. The van der Waals surface area contributed by atoms with E-state index >= 15 is 0 Å². The van der Waals surface area contributed by atoms with Crippen LogP contribution in [0.2, 0.25) is 0 Å². The highest BCUT2D eigenvalue weighted by molar-refractivity contribution is 5.49. The molecule has 19 heavy (non-hydrogen) atoms. The Hall–Kier alpha value is -1.74. The van der Waals surface area contributed by atoms with Crippen LogP contribution < -0.4 is 5.32 Å². The number of nitrogens with one attached hydrogen (secondary N) is 1. The van der Waals surface area contributed by atoms with E-state index in [0.29, 0.717) is 5.69 Å². The molecule has 0 unspecified atom stereocenters. The SMILES string of the molecule is O=[N+]([O-])c1ccc(N[C@@H]2O[C@H](CO)[C@@H](O)[C@H]2O)cc1. The number of nitrogens with zero attached hydrogens (tertiary/aromatic N) is 1. The molecule has 104 valence electrons. The molecule has 1 fully saturated rings. The van der Waals surface area contributed by atoms with E-state index in [9.17, 15) is 20.3 Å². The number of non-ortho nitro benzene ring substituents is 1. The average molecular weight is 270 g/mol. The fraction of sp³-hybridized carbons (Fsp3) is 0.455. The molecule has 1 aliphatic heterocycles. The number of hydrogen-bond donors (Lipinski definition) is 4. The van der Waals surface area contributed by atoms with Gasteiger partial charge < -0.3 is 25.4 Å². The summed E-state index contributed by atoms with van der Waals surface area (Å²) >= 11 is 0. The summed E-state index contributed by atoms with van der Waals surface area (Å²) in [5, 5.41) is 41.5. The van der Waals surface area contributed by atoms with Crippen LogP contribution >= 0.6 is 0 Å². The number of aliphatic hydroxyl groups excluding tert-OH is 3. The Bertz CT molecular complexity index is 451. The molecule has 0 spiro atoms. The Morgan fingerprint density at radius 3 is 2.37 bits per heavy atom. The lowest BCUT2D eigenvalue weighted by atomic mass is 10.1. The Kier molecular flexibility index (Phi) is 3.96. The second-order valence-corrected chi connectivity index (χ2v) is 4.21. The maximum atomic E-state index is 10.5. The van der Waals surface area contributed by atoms with Gasteiger partial charge in [-0.3, -0.25) is 10.1 Å². The Morgan fingerprint density at radius 1 is 1.26 bits per heavy atom. The molecule has 0 bridgehead atoms. The quantitative estimate of drug-likeness (QED) is 0.427. The van der Waals surface area contributed by atoms with E-state index in [1.165, 1.54) is 24.3 Å². The first-order chi connectivity index (χ1) is 9.02. The van der Waals surface area contributed by atoms with Gasteiger partial charge in [-0.1, -0.05) is 0 Å². The third-order valence-electron chi connectivity index (χ3n) is 2.93. The molecule has 4 N–H and O–H groups in total. The van der Waals surface area contributed by atoms with Crippen LogP contribution in [0.1, 0.15) is 0 Å². The summed E-state index contributed by atoms with van der Waals surface area (Å²) in [6.45, 7) is -0.406. The molecule has 0 radical (unpaired) electrons. The van der Waals surface area contributed by atoms with Crippen LogP contribution in [0.25, 0.3) is 0 Å². The molecule has 8 nitrogen and oxygen atoms in total. The molecule has 0 aliphatic carbocycles. The molecular weight excluding hydrogens is 256 g/mol. The van der Waals surface area contributed by atoms with Gasteiger partial charge in [-0.2, -0.15) is 0 Å². The summed E-state index contributed by atoms with van der Waals surface area (Å²) in [5.74, 6) is 0. The molecule has 1 aliphatic rings. The Morgan fingerprint density at radius 2 is 1.89 bits per heavy atom. The zero-order chi connectivity index (χ0) is 14.0. The van der Waals surface area contributed by atoms with Crippen LogP contribution in [0.15, 0.2) is 24.3 Å². The van der Waals surface area contributed by atoms with Gasteiger partial charge >= 0.3 is 0 Å². The summed E-state index contributed by atoms with van der Waals surface area (Å²) in [6.07, 6.45) is -4.10. The van der Waals surface area contributed by atoms with Gasteiger partial charge in [-0.05, 0) is 12.1 Å². The molecular formula is C11H14N2O6. The van der Waals surface area contributed by atoms with E-state index < -0.39 is 36.1 Å². The minimum atomic E-state index is -1.19. The first kappa shape index (κ1) is 13.7. The highest BCUT2D eigenvalue weighted by Gasteiger charge is 2.42. The van der Waals surface area contributed by atoms with Crippen molar-refractivity contribution >= 4 is 11.4 Å². The lowest BCUT2D eigenvalue weighted by Crippen LogP contribution is -2.36. The zero-order valence-corrected chi connectivity index (χ0v) is 9.84. The second kappa shape index (κ2) is 5.49. The first-order valence-corrected chi connectivity index (χ1v) is 5.66. The normalized spacial score (nSPS) is 30.3. The molecule has 4 atom stereocenters. The largest absolute Gasteiger partial charge is 0.394 e. The van der Waals surface area contributed by atoms with Crippen molar-refractivity contribution in [2.75, 3.05) is 11.9 Å². The molecule has 8 heteroatoms. The van der Waals surface area contributed by atoms with Crippen molar-refractivity contribution in [3.63, 3.8) is 0 Å². The van der Waals surface area contributed by atoms with Gasteiger partial charge in [0, 0.05) is 17.8 Å². The molecule has 1 heterocycles. The fourth-order valence-electron chi connectivity index (χ4n) is 1.86. The van der Waals surface area contributed by atoms with Crippen molar-refractivity contribution in [2.45, 2.75) is 24.5 Å². The van der Waals surface area contributed by atoms with Crippen LogP contribution in [-0.2, 0) is 4.74 Å². The van der Waals surface area contributed by atoms with Crippen molar-refractivity contribution in [1.82, 2.24) is 0 Å². The first-order valence-electron chi connectivity index (χ1n) is 5.66. The maximum absolute atomic E-state index is 10.5. The van der Waals surface area contributed by atoms with Gasteiger partial charge in [0.05, 0.1) is 11.5 Å². The van der Waals surface area contributed by atoms with E-state index in [0.717, 1.165) is 0 Å². The zero-order valence-electron chi connectivity index (χ0n) is 9.84. The number of nitro benzene ring substituents is 1. The smallest absolute Gasteiger partial charge is 0.269 e. The number of benzene rings is 1. The van der Waals surface area contributed by atoms with E-state index in [2.05, 4.69) is 5.32 Å². The number of nitro groups is 1.